The van der Waals surface area contributed by atoms with Crippen molar-refractivity contribution in [1.82, 2.24) is 5.32 Å². The van der Waals surface area contributed by atoms with Crippen LogP contribution in [0.3, 0.4) is 0 Å². The Labute approximate surface area is 131 Å². The minimum atomic E-state index is -0.374. The molecule has 2 N–H and O–H groups in total. The van der Waals surface area contributed by atoms with Gasteiger partial charge in [0.15, 0.2) is 6.61 Å². The SMILES string of the molecule is Cc1ccccc1OCC(=O)NCC[C@@H](O)C1CCOCC1. The Bertz CT molecular complexity index is 471. The van der Waals surface area contributed by atoms with Gasteiger partial charge >= 0.3 is 0 Å². The van der Waals surface area contributed by atoms with E-state index in [1.165, 1.54) is 0 Å². The fourth-order valence-corrected chi connectivity index (χ4v) is 2.61. The average molecular weight is 307 g/mol. The van der Waals surface area contributed by atoms with E-state index in [1.807, 2.05) is 31.2 Å². The quantitative estimate of drug-likeness (QED) is 0.804. The van der Waals surface area contributed by atoms with E-state index in [1.54, 1.807) is 0 Å². The first kappa shape index (κ1) is 16.8. The zero-order valence-electron chi connectivity index (χ0n) is 13.1. The molecular weight excluding hydrogens is 282 g/mol. The summed E-state index contributed by atoms with van der Waals surface area (Å²) in [7, 11) is 0. The van der Waals surface area contributed by atoms with Gasteiger partial charge in [-0.2, -0.15) is 0 Å². The molecule has 1 amide bonds. The second-order valence-corrected chi connectivity index (χ2v) is 5.71. The van der Waals surface area contributed by atoms with Gasteiger partial charge in [0.1, 0.15) is 5.75 Å². The molecule has 1 heterocycles. The highest BCUT2D eigenvalue weighted by atomic mass is 16.5. The summed E-state index contributed by atoms with van der Waals surface area (Å²) in [5, 5.41) is 12.9. The molecule has 2 rings (SSSR count). The smallest absolute Gasteiger partial charge is 0.257 e. The molecule has 1 aromatic carbocycles. The molecule has 122 valence electrons. The monoisotopic (exact) mass is 307 g/mol. The van der Waals surface area contributed by atoms with Crippen LogP contribution in [0.2, 0.25) is 0 Å². The van der Waals surface area contributed by atoms with Crippen molar-refractivity contribution >= 4 is 5.91 Å². The van der Waals surface area contributed by atoms with Crippen LogP contribution in [0.15, 0.2) is 24.3 Å². The van der Waals surface area contributed by atoms with Crippen LogP contribution in [0.1, 0.15) is 24.8 Å². The number of carbonyl (C=O) groups is 1. The van der Waals surface area contributed by atoms with E-state index < -0.39 is 0 Å². The van der Waals surface area contributed by atoms with Crippen LogP contribution < -0.4 is 10.1 Å². The first-order chi connectivity index (χ1) is 10.7. The van der Waals surface area contributed by atoms with Crippen molar-refractivity contribution in [3.8, 4) is 5.75 Å². The number of benzene rings is 1. The van der Waals surface area contributed by atoms with E-state index in [2.05, 4.69) is 5.32 Å². The third-order valence-electron chi connectivity index (χ3n) is 4.02. The van der Waals surface area contributed by atoms with Crippen molar-refractivity contribution in [3.63, 3.8) is 0 Å². The van der Waals surface area contributed by atoms with Crippen molar-refractivity contribution in [2.45, 2.75) is 32.3 Å². The molecule has 22 heavy (non-hydrogen) atoms. The zero-order valence-corrected chi connectivity index (χ0v) is 13.1. The van der Waals surface area contributed by atoms with Crippen LogP contribution in [-0.2, 0) is 9.53 Å². The molecule has 0 spiro atoms. The maximum atomic E-state index is 11.7. The summed E-state index contributed by atoms with van der Waals surface area (Å²) in [4.78, 5) is 11.7. The van der Waals surface area contributed by atoms with Gasteiger partial charge in [0.05, 0.1) is 6.10 Å². The van der Waals surface area contributed by atoms with Gasteiger partial charge in [-0.25, -0.2) is 0 Å². The Morgan fingerprint density at radius 3 is 2.86 bits per heavy atom. The molecule has 1 aliphatic rings. The van der Waals surface area contributed by atoms with Gasteiger partial charge in [-0.05, 0) is 43.7 Å². The molecule has 1 aliphatic heterocycles. The number of ether oxygens (including phenoxy) is 2. The van der Waals surface area contributed by atoms with E-state index in [0.717, 1.165) is 37.4 Å². The van der Waals surface area contributed by atoms with Crippen molar-refractivity contribution < 1.29 is 19.4 Å². The highest BCUT2D eigenvalue weighted by Crippen LogP contribution is 2.20. The van der Waals surface area contributed by atoms with Crippen LogP contribution >= 0.6 is 0 Å². The number of aliphatic hydroxyl groups is 1. The van der Waals surface area contributed by atoms with Crippen LogP contribution in [0, 0.1) is 12.8 Å². The molecule has 0 aliphatic carbocycles. The van der Waals surface area contributed by atoms with E-state index in [0.29, 0.717) is 13.0 Å². The highest BCUT2D eigenvalue weighted by Gasteiger charge is 2.21. The van der Waals surface area contributed by atoms with Gasteiger partial charge in [0.25, 0.3) is 5.91 Å². The summed E-state index contributed by atoms with van der Waals surface area (Å²) in [6.45, 7) is 3.85. The molecule has 0 bridgehead atoms. The Balaban J connectivity index is 1.62. The lowest BCUT2D eigenvalue weighted by molar-refractivity contribution is -0.123. The van der Waals surface area contributed by atoms with Crippen molar-refractivity contribution in [3.05, 3.63) is 29.8 Å². The second kappa shape index (κ2) is 8.76. The molecule has 0 unspecified atom stereocenters. The number of aliphatic hydroxyl groups excluding tert-OH is 1. The summed E-state index contributed by atoms with van der Waals surface area (Å²) in [5.74, 6) is 0.844. The number of nitrogens with one attached hydrogen (secondary N) is 1. The topological polar surface area (TPSA) is 67.8 Å². The molecule has 5 nitrogen and oxygen atoms in total. The van der Waals surface area contributed by atoms with Gasteiger partial charge in [-0.1, -0.05) is 18.2 Å². The second-order valence-electron chi connectivity index (χ2n) is 5.71. The van der Waals surface area contributed by atoms with Crippen molar-refractivity contribution in [1.29, 1.82) is 0 Å². The lowest BCUT2D eigenvalue weighted by Gasteiger charge is -2.26. The predicted octanol–water partition coefficient (Wildman–Crippen LogP) is 1.67. The third kappa shape index (κ3) is 5.31. The molecule has 5 heteroatoms. The fourth-order valence-electron chi connectivity index (χ4n) is 2.61. The Kier molecular flexibility index (Phi) is 6.68. The van der Waals surface area contributed by atoms with Gasteiger partial charge in [-0.15, -0.1) is 0 Å². The zero-order chi connectivity index (χ0) is 15.8. The largest absolute Gasteiger partial charge is 0.484 e. The standard InChI is InChI=1S/C17H25NO4/c1-13-4-2-3-5-16(13)22-12-17(20)18-9-6-15(19)14-7-10-21-11-8-14/h2-5,14-15,19H,6-12H2,1H3,(H,18,20)/t15-/m1/s1. The van der Waals surface area contributed by atoms with Crippen LogP contribution in [0.25, 0.3) is 0 Å². The molecule has 1 aromatic rings. The Hall–Kier alpha value is -1.59. The van der Waals surface area contributed by atoms with Gasteiger partial charge in [0.2, 0.25) is 0 Å². The number of hydrogen-bond acceptors (Lipinski definition) is 4. The first-order valence-corrected chi connectivity index (χ1v) is 7.88. The minimum absolute atomic E-state index is 0.00177. The summed E-state index contributed by atoms with van der Waals surface area (Å²) in [6, 6.07) is 7.60. The third-order valence-corrected chi connectivity index (χ3v) is 4.02. The van der Waals surface area contributed by atoms with Crippen molar-refractivity contribution in [2.75, 3.05) is 26.4 Å². The highest BCUT2D eigenvalue weighted by molar-refractivity contribution is 5.77. The number of rotatable bonds is 7. The maximum absolute atomic E-state index is 11.7. The fraction of sp³-hybridized carbons (Fsp3) is 0.588. The summed E-state index contributed by atoms with van der Waals surface area (Å²) in [6.07, 6.45) is 1.99. The number of aryl methyl sites for hydroxylation is 1. The number of amides is 1. The van der Waals surface area contributed by atoms with Crippen LogP contribution in [0.5, 0.6) is 5.75 Å². The van der Waals surface area contributed by atoms with E-state index >= 15 is 0 Å². The maximum Gasteiger partial charge on any atom is 0.257 e. The predicted molar refractivity (Wildman–Crippen MR) is 83.9 cm³/mol. The Morgan fingerprint density at radius 2 is 2.14 bits per heavy atom. The van der Waals surface area contributed by atoms with E-state index in [-0.39, 0.29) is 24.5 Å². The number of para-hydroxylation sites is 1. The van der Waals surface area contributed by atoms with Crippen molar-refractivity contribution in [2.24, 2.45) is 5.92 Å². The summed E-state index contributed by atoms with van der Waals surface area (Å²) in [5.41, 5.74) is 1.00. The van der Waals surface area contributed by atoms with Gasteiger partial charge < -0.3 is 19.9 Å². The van der Waals surface area contributed by atoms with E-state index in [9.17, 15) is 9.90 Å². The molecule has 0 aromatic heterocycles. The molecule has 1 fully saturated rings. The first-order valence-electron chi connectivity index (χ1n) is 7.88. The number of carbonyl (C=O) groups excluding carboxylic acids is 1. The van der Waals surface area contributed by atoms with Gasteiger partial charge in [0, 0.05) is 19.8 Å². The molecule has 0 radical (unpaired) electrons. The lowest BCUT2D eigenvalue weighted by atomic mass is 9.92. The van der Waals surface area contributed by atoms with Gasteiger partial charge in [-0.3, -0.25) is 4.79 Å². The average Bonchev–Trinajstić information content (AvgIpc) is 2.55. The molecule has 0 saturated carbocycles. The molecule has 1 atom stereocenters. The van der Waals surface area contributed by atoms with Crippen LogP contribution in [-0.4, -0.2) is 43.5 Å². The summed E-state index contributed by atoms with van der Waals surface area (Å²) >= 11 is 0. The normalized spacial score (nSPS) is 17.0. The van der Waals surface area contributed by atoms with Crippen LogP contribution in [0.4, 0.5) is 0 Å². The van der Waals surface area contributed by atoms with E-state index in [4.69, 9.17) is 9.47 Å². The number of hydrogen-bond donors (Lipinski definition) is 2. The summed E-state index contributed by atoms with van der Waals surface area (Å²) < 4.78 is 10.8. The minimum Gasteiger partial charge on any atom is -0.484 e. The molecule has 1 saturated heterocycles. The Morgan fingerprint density at radius 1 is 1.41 bits per heavy atom. The lowest BCUT2D eigenvalue weighted by Crippen LogP contribution is -2.34. The molecular formula is C17H25NO4.